The van der Waals surface area contributed by atoms with E-state index in [9.17, 15) is 14.4 Å². The number of carbonyl (C=O) groups is 3. The zero-order valence-electron chi connectivity index (χ0n) is 21.8. The number of esters is 1. The zero-order valence-corrected chi connectivity index (χ0v) is 21.8. The molecule has 37 heavy (non-hydrogen) atoms. The molecular weight excluding hydrogens is 472 g/mol. The number of hydrogen-bond donors (Lipinski definition) is 2. The van der Waals surface area contributed by atoms with Crippen molar-refractivity contribution in [2.45, 2.75) is 26.8 Å². The molecule has 0 unspecified atom stereocenters. The number of benzene rings is 2. The van der Waals surface area contributed by atoms with Crippen LogP contribution in [0.25, 0.3) is 10.9 Å². The Morgan fingerprint density at radius 3 is 2.49 bits per heavy atom. The third-order valence-corrected chi connectivity index (χ3v) is 6.04. The quantitative estimate of drug-likeness (QED) is 0.345. The van der Waals surface area contributed by atoms with Crippen molar-refractivity contribution in [3.8, 4) is 0 Å². The standard InChI is InChI=1S/C28H36N4O5/c1-4-37-27(34)18-30-28(35)32(15-16-36-3)20-26(33)31(19-22-11-9-21(2)10-12-22)14-13-23-17-29-25-8-6-5-7-24(23)25/h5-12,17,29H,4,13-16,18-20H2,1-3H3,(H,30,35). The summed E-state index contributed by atoms with van der Waals surface area (Å²) in [7, 11) is 1.53. The largest absolute Gasteiger partial charge is 0.465 e. The maximum Gasteiger partial charge on any atom is 0.325 e. The number of ether oxygens (including phenoxy) is 2. The fourth-order valence-corrected chi connectivity index (χ4v) is 3.99. The SMILES string of the molecule is CCOC(=O)CNC(=O)N(CCOC)CC(=O)N(CCc1c[nH]c2ccccc12)Cc1ccc(C)cc1. The number of nitrogens with one attached hydrogen (secondary N) is 2. The van der Waals surface area contributed by atoms with Crippen LogP contribution in [0.3, 0.4) is 0 Å². The number of aromatic nitrogens is 1. The minimum absolute atomic E-state index is 0.141. The molecule has 0 aliphatic rings. The smallest absolute Gasteiger partial charge is 0.325 e. The molecule has 3 aromatic rings. The van der Waals surface area contributed by atoms with E-state index in [-0.39, 0.29) is 38.8 Å². The first-order valence-corrected chi connectivity index (χ1v) is 12.5. The number of amides is 3. The van der Waals surface area contributed by atoms with Gasteiger partial charge in [-0.2, -0.15) is 0 Å². The van der Waals surface area contributed by atoms with Gasteiger partial charge < -0.3 is 29.6 Å². The molecule has 0 bridgehead atoms. The first kappa shape index (κ1) is 27.7. The summed E-state index contributed by atoms with van der Waals surface area (Å²) in [5, 5.41) is 3.66. The Balaban J connectivity index is 1.73. The Bertz CT molecular complexity index is 1170. The molecule has 0 aliphatic carbocycles. The fraction of sp³-hybridized carbons (Fsp3) is 0.393. The number of fused-ring (bicyclic) bond motifs is 1. The van der Waals surface area contributed by atoms with Crippen molar-refractivity contribution in [3.63, 3.8) is 0 Å². The molecule has 0 radical (unpaired) electrons. The Morgan fingerprint density at radius 2 is 1.76 bits per heavy atom. The van der Waals surface area contributed by atoms with E-state index in [0.29, 0.717) is 19.5 Å². The van der Waals surface area contributed by atoms with Crippen molar-refractivity contribution in [1.82, 2.24) is 20.1 Å². The molecular formula is C28H36N4O5. The molecule has 0 fully saturated rings. The van der Waals surface area contributed by atoms with Gasteiger partial charge in [0.25, 0.3) is 0 Å². The van der Waals surface area contributed by atoms with Crippen LogP contribution in [0.15, 0.2) is 54.7 Å². The molecule has 2 aromatic carbocycles. The van der Waals surface area contributed by atoms with Crippen molar-refractivity contribution in [2.75, 3.05) is 46.5 Å². The molecule has 0 spiro atoms. The second kappa shape index (κ2) is 14.0. The predicted molar refractivity (Wildman–Crippen MR) is 142 cm³/mol. The number of nitrogens with zero attached hydrogens (tertiary/aromatic N) is 2. The average Bonchev–Trinajstić information content (AvgIpc) is 3.31. The molecule has 1 aromatic heterocycles. The van der Waals surface area contributed by atoms with Crippen molar-refractivity contribution >= 4 is 28.8 Å². The molecule has 0 saturated heterocycles. The number of rotatable bonds is 13. The van der Waals surface area contributed by atoms with Crippen LogP contribution in [0.2, 0.25) is 0 Å². The Kier molecular flexibility index (Phi) is 10.5. The fourth-order valence-electron chi connectivity index (χ4n) is 3.99. The lowest BCUT2D eigenvalue weighted by Crippen LogP contribution is -2.49. The summed E-state index contributed by atoms with van der Waals surface area (Å²) in [4.78, 5) is 44.4. The van der Waals surface area contributed by atoms with Gasteiger partial charge in [-0.05, 0) is 37.5 Å². The van der Waals surface area contributed by atoms with Crippen molar-refractivity contribution in [2.24, 2.45) is 0 Å². The summed E-state index contributed by atoms with van der Waals surface area (Å²) >= 11 is 0. The summed E-state index contributed by atoms with van der Waals surface area (Å²) in [6.07, 6.45) is 2.64. The van der Waals surface area contributed by atoms with E-state index in [1.165, 1.54) is 12.0 Å². The number of methoxy groups -OCH3 is 1. The predicted octanol–water partition coefficient (Wildman–Crippen LogP) is 3.27. The zero-order chi connectivity index (χ0) is 26.6. The van der Waals surface area contributed by atoms with Gasteiger partial charge in [0.1, 0.15) is 13.1 Å². The topological polar surface area (TPSA) is 104 Å². The van der Waals surface area contributed by atoms with Crippen molar-refractivity contribution in [3.05, 3.63) is 71.4 Å². The summed E-state index contributed by atoms with van der Waals surface area (Å²) in [6.45, 7) is 4.90. The number of para-hydroxylation sites is 1. The summed E-state index contributed by atoms with van der Waals surface area (Å²) in [6, 6.07) is 15.6. The normalized spacial score (nSPS) is 10.8. The molecule has 9 heteroatoms. The van der Waals surface area contributed by atoms with Gasteiger partial charge >= 0.3 is 12.0 Å². The highest BCUT2D eigenvalue weighted by Crippen LogP contribution is 2.19. The second-order valence-corrected chi connectivity index (χ2v) is 8.79. The molecule has 0 aliphatic heterocycles. The van der Waals surface area contributed by atoms with Gasteiger partial charge in [0.2, 0.25) is 5.91 Å². The van der Waals surface area contributed by atoms with Crippen LogP contribution in [0.4, 0.5) is 4.79 Å². The van der Waals surface area contributed by atoms with Crippen LogP contribution in [0.1, 0.15) is 23.6 Å². The van der Waals surface area contributed by atoms with E-state index in [1.807, 2.05) is 55.6 Å². The maximum absolute atomic E-state index is 13.5. The molecule has 0 atom stereocenters. The molecule has 9 nitrogen and oxygen atoms in total. The average molecular weight is 509 g/mol. The Morgan fingerprint density at radius 1 is 1.00 bits per heavy atom. The van der Waals surface area contributed by atoms with Gasteiger partial charge in [0.15, 0.2) is 0 Å². The highest BCUT2D eigenvalue weighted by Gasteiger charge is 2.22. The summed E-state index contributed by atoms with van der Waals surface area (Å²) < 4.78 is 10.0. The van der Waals surface area contributed by atoms with Crippen LogP contribution in [-0.2, 0) is 32.0 Å². The molecule has 198 valence electrons. The Hall–Kier alpha value is -3.85. The van der Waals surface area contributed by atoms with E-state index in [2.05, 4.69) is 16.4 Å². The van der Waals surface area contributed by atoms with Crippen LogP contribution < -0.4 is 5.32 Å². The first-order valence-electron chi connectivity index (χ1n) is 12.5. The molecule has 3 rings (SSSR count). The lowest BCUT2D eigenvalue weighted by atomic mass is 10.1. The molecule has 2 N–H and O–H groups in total. The molecule has 1 heterocycles. The molecule has 3 amide bonds. The Labute approximate surface area is 217 Å². The van der Waals surface area contributed by atoms with Gasteiger partial charge in [-0.1, -0.05) is 48.0 Å². The lowest BCUT2D eigenvalue weighted by Gasteiger charge is -2.28. The van der Waals surface area contributed by atoms with E-state index >= 15 is 0 Å². The number of aryl methyl sites for hydroxylation is 1. The van der Waals surface area contributed by atoms with E-state index in [4.69, 9.17) is 9.47 Å². The number of H-pyrrole nitrogens is 1. The van der Waals surface area contributed by atoms with Gasteiger partial charge in [-0.3, -0.25) is 9.59 Å². The number of carbonyl (C=O) groups excluding carboxylic acids is 3. The van der Waals surface area contributed by atoms with Gasteiger partial charge in [-0.15, -0.1) is 0 Å². The van der Waals surface area contributed by atoms with E-state index in [1.54, 1.807) is 11.8 Å². The number of hydrogen-bond acceptors (Lipinski definition) is 5. The third-order valence-electron chi connectivity index (χ3n) is 6.04. The van der Waals surface area contributed by atoms with Crippen LogP contribution in [0.5, 0.6) is 0 Å². The van der Waals surface area contributed by atoms with E-state index in [0.717, 1.165) is 27.6 Å². The minimum Gasteiger partial charge on any atom is -0.465 e. The number of aromatic amines is 1. The van der Waals surface area contributed by atoms with Crippen LogP contribution >= 0.6 is 0 Å². The van der Waals surface area contributed by atoms with Crippen LogP contribution in [-0.4, -0.2) is 79.2 Å². The highest BCUT2D eigenvalue weighted by molar-refractivity contribution is 5.86. The minimum atomic E-state index is -0.534. The van der Waals surface area contributed by atoms with Crippen LogP contribution in [0, 0.1) is 6.92 Å². The van der Waals surface area contributed by atoms with E-state index < -0.39 is 12.0 Å². The first-order chi connectivity index (χ1) is 17.9. The summed E-state index contributed by atoms with van der Waals surface area (Å²) in [5.74, 6) is -0.726. The van der Waals surface area contributed by atoms with Gasteiger partial charge in [0, 0.05) is 43.8 Å². The summed E-state index contributed by atoms with van der Waals surface area (Å²) in [5.41, 5.74) is 4.33. The van der Waals surface area contributed by atoms with Gasteiger partial charge in [0.05, 0.1) is 13.2 Å². The van der Waals surface area contributed by atoms with Gasteiger partial charge in [-0.25, -0.2) is 4.79 Å². The maximum atomic E-state index is 13.5. The molecule has 0 saturated carbocycles. The second-order valence-electron chi connectivity index (χ2n) is 8.79. The highest BCUT2D eigenvalue weighted by atomic mass is 16.5. The monoisotopic (exact) mass is 508 g/mol. The third kappa shape index (κ3) is 8.35. The lowest BCUT2D eigenvalue weighted by molar-refractivity contribution is -0.141. The van der Waals surface area contributed by atoms with Crippen molar-refractivity contribution in [1.29, 1.82) is 0 Å². The van der Waals surface area contributed by atoms with Crippen molar-refractivity contribution < 1.29 is 23.9 Å². The number of urea groups is 1.